The Morgan fingerprint density at radius 3 is 2.50 bits per heavy atom. The van der Waals surface area contributed by atoms with E-state index in [1.165, 1.54) is 19.3 Å². The Bertz CT molecular complexity index is 223. The maximum Gasteiger partial charge on any atom is 0.158 e. The van der Waals surface area contributed by atoms with Gasteiger partial charge in [0.15, 0.2) is 5.78 Å². The number of ketones is 1. The van der Waals surface area contributed by atoms with Crippen molar-refractivity contribution in [3.05, 3.63) is 11.6 Å². The summed E-state index contributed by atoms with van der Waals surface area (Å²) in [5.74, 6) is 1.34. The van der Waals surface area contributed by atoms with Gasteiger partial charge in [0.05, 0.1) is 0 Å². The highest BCUT2D eigenvalue weighted by Crippen LogP contribution is 2.33. The highest BCUT2D eigenvalue weighted by atomic mass is 16.1. The van der Waals surface area contributed by atoms with Gasteiger partial charge in [0.25, 0.3) is 0 Å². The zero-order chi connectivity index (χ0) is 10.6. The fourth-order valence-corrected chi connectivity index (χ4v) is 2.46. The van der Waals surface area contributed by atoms with Gasteiger partial charge >= 0.3 is 0 Å². The van der Waals surface area contributed by atoms with Crippen LogP contribution in [0.25, 0.3) is 0 Å². The van der Waals surface area contributed by atoms with Crippen molar-refractivity contribution < 1.29 is 4.79 Å². The Morgan fingerprint density at radius 2 is 1.93 bits per heavy atom. The molecule has 0 bridgehead atoms. The van der Waals surface area contributed by atoms with E-state index in [-0.39, 0.29) is 0 Å². The molecule has 0 aromatic heterocycles. The van der Waals surface area contributed by atoms with Crippen molar-refractivity contribution in [3.8, 4) is 0 Å². The molecule has 0 aliphatic heterocycles. The number of allylic oxidation sites excluding steroid dienone is 2. The predicted molar refractivity (Wildman–Crippen MR) is 60.2 cm³/mol. The van der Waals surface area contributed by atoms with Gasteiger partial charge in [-0.1, -0.05) is 31.8 Å². The Morgan fingerprint density at radius 1 is 1.29 bits per heavy atom. The van der Waals surface area contributed by atoms with E-state index in [9.17, 15) is 4.79 Å². The van der Waals surface area contributed by atoms with Gasteiger partial charge in [-0.05, 0) is 38.7 Å². The molecule has 0 saturated heterocycles. The van der Waals surface area contributed by atoms with Crippen LogP contribution in [-0.4, -0.2) is 5.78 Å². The third-order valence-corrected chi connectivity index (χ3v) is 3.23. The third kappa shape index (κ3) is 2.97. The Balaban J connectivity index is 2.63. The van der Waals surface area contributed by atoms with Crippen LogP contribution in [0.5, 0.6) is 0 Å². The van der Waals surface area contributed by atoms with E-state index in [1.54, 1.807) is 0 Å². The van der Waals surface area contributed by atoms with Gasteiger partial charge in [-0.3, -0.25) is 4.79 Å². The molecule has 0 amide bonds. The number of hydrogen-bond acceptors (Lipinski definition) is 1. The standard InChI is InChI=1S/C13H22O/c1-4-11-7-5-6-8-12(11)13(14)9-10(2)3/h9,11-12H,4-8H2,1-3H3. The lowest BCUT2D eigenvalue weighted by Crippen LogP contribution is -2.25. The second kappa shape index (κ2) is 5.33. The molecule has 80 valence electrons. The highest BCUT2D eigenvalue weighted by molar-refractivity contribution is 5.92. The van der Waals surface area contributed by atoms with Crippen LogP contribution >= 0.6 is 0 Å². The van der Waals surface area contributed by atoms with Crippen LogP contribution in [0.15, 0.2) is 11.6 Å². The number of rotatable bonds is 3. The van der Waals surface area contributed by atoms with E-state index in [1.807, 2.05) is 19.9 Å². The van der Waals surface area contributed by atoms with Crippen LogP contribution in [0.1, 0.15) is 52.9 Å². The third-order valence-electron chi connectivity index (χ3n) is 3.23. The maximum absolute atomic E-state index is 11.9. The quantitative estimate of drug-likeness (QED) is 0.625. The predicted octanol–water partition coefficient (Wildman–Crippen LogP) is 3.74. The van der Waals surface area contributed by atoms with Gasteiger partial charge in [0, 0.05) is 5.92 Å². The molecule has 0 radical (unpaired) electrons. The molecule has 0 aromatic rings. The summed E-state index contributed by atoms with van der Waals surface area (Å²) in [6, 6.07) is 0. The molecule has 1 aliphatic carbocycles. The van der Waals surface area contributed by atoms with E-state index >= 15 is 0 Å². The largest absolute Gasteiger partial charge is 0.295 e. The van der Waals surface area contributed by atoms with Gasteiger partial charge in [0.2, 0.25) is 0 Å². The maximum atomic E-state index is 11.9. The first-order chi connectivity index (χ1) is 6.65. The molecule has 14 heavy (non-hydrogen) atoms. The van der Waals surface area contributed by atoms with Crippen LogP contribution in [0.2, 0.25) is 0 Å². The summed E-state index contributed by atoms with van der Waals surface area (Å²) in [7, 11) is 0. The molecule has 1 saturated carbocycles. The van der Waals surface area contributed by atoms with Crippen molar-refractivity contribution in [2.45, 2.75) is 52.9 Å². The lowest BCUT2D eigenvalue weighted by Gasteiger charge is -2.28. The molecular formula is C13H22O. The zero-order valence-electron chi connectivity index (χ0n) is 9.68. The summed E-state index contributed by atoms with van der Waals surface area (Å²) < 4.78 is 0. The summed E-state index contributed by atoms with van der Waals surface area (Å²) >= 11 is 0. The normalized spacial score (nSPS) is 27.1. The zero-order valence-corrected chi connectivity index (χ0v) is 9.68. The van der Waals surface area contributed by atoms with E-state index in [2.05, 4.69) is 6.92 Å². The summed E-state index contributed by atoms with van der Waals surface area (Å²) in [5, 5.41) is 0. The van der Waals surface area contributed by atoms with Crippen molar-refractivity contribution >= 4 is 5.78 Å². The summed E-state index contributed by atoms with van der Waals surface area (Å²) in [4.78, 5) is 11.9. The molecule has 1 aliphatic rings. The second-order valence-electron chi connectivity index (χ2n) is 4.68. The smallest absolute Gasteiger partial charge is 0.158 e. The molecular weight excluding hydrogens is 172 g/mol. The number of carbonyl (C=O) groups excluding carboxylic acids is 1. The molecule has 1 heteroatoms. The molecule has 0 N–H and O–H groups in total. The van der Waals surface area contributed by atoms with E-state index in [0.717, 1.165) is 18.4 Å². The van der Waals surface area contributed by atoms with Gasteiger partial charge < -0.3 is 0 Å². The van der Waals surface area contributed by atoms with Gasteiger partial charge in [-0.2, -0.15) is 0 Å². The fourth-order valence-electron chi connectivity index (χ4n) is 2.46. The summed E-state index contributed by atoms with van der Waals surface area (Å²) in [6.45, 7) is 6.21. The first-order valence-corrected chi connectivity index (χ1v) is 5.84. The first kappa shape index (κ1) is 11.5. The Labute approximate surface area is 87.6 Å². The topological polar surface area (TPSA) is 17.1 Å². The molecule has 0 aromatic carbocycles. The minimum Gasteiger partial charge on any atom is -0.295 e. The highest BCUT2D eigenvalue weighted by Gasteiger charge is 2.27. The van der Waals surface area contributed by atoms with Crippen molar-refractivity contribution in [1.29, 1.82) is 0 Å². The van der Waals surface area contributed by atoms with E-state index in [0.29, 0.717) is 17.6 Å². The average Bonchev–Trinajstić information content (AvgIpc) is 2.16. The fraction of sp³-hybridized carbons (Fsp3) is 0.769. The molecule has 1 nitrogen and oxygen atoms in total. The lowest BCUT2D eigenvalue weighted by atomic mass is 9.75. The van der Waals surface area contributed by atoms with Gasteiger partial charge in [-0.25, -0.2) is 0 Å². The minimum absolute atomic E-state index is 0.323. The minimum atomic E-state index is 0.323. The molecule has 2 unspecified atom stereocenters. The van der Waals surface area contributed by atoms with Gasteiger partial charge in [0.1, 0.15) is 0 Å². The van der Waals surface area contributed by atoms with Crippen molar-refractivity contribution in [2.24, 2.45) is 11.8 Å². The first-order valence-electron chi connectivity index (χ1n) is 5.84. The van der Waals surface area contributed by atoms with Crippen molar-refractivity contribution in [1.82, 2.24) is 0 Å². The summed E-state index contributed by atoms with van der Waals surface area (Å²) in [5.41, 5.74) is 1.13. The molecule has 1 fully saturated rings. The SMILES string of the molecule is CCC1CCCCC1C(=O)C=C(C)C. The van der Waals surface area contributed by atoms with Gasteiger partial charge in [-0.15, -0.1) is 0 Å². The van der Waals surface area contributed by atoms with Crippen molar-refractivity contribution in [3.63, 3.8) is 0 Å². The van der Waals surface area contributed by atoms with Crippen LogP contribution in [0.4, 0.5) is 0 Å². The number of carbonyl (C=O) groups is 1. The summed E-state index contributed by atoms with van der Waals surface area (Å²) in [6.07, 6.45) is 7.91. The van der Waals surface area contributed by atoms with E-state index in [4.69, 9.17) is 0 Å². The van der Waals surface area contributed by atoms with Crippen molar-refractivity contribution in [2.75, 3.05) is 0 Å². The molecule has 1 rings (SSSR count). The number of hydrogen-bond donors (Lipinski definition) is 0. The van der Waals surface area contributed by atoms with E-state index < -0.39 is 0 Å². The Kier molecular flexibility index (Phi) is 4.37. The average molecular weight is 194 g/mol. The monoisotopic (exact) mass is 194 g/mol. The molecule has 0 heterocycles. The van der Waals surface area contributed by atoms with Crippen LogP contribution in [0.3, 0.4) is 0 Å². The molecule has 2 atom stereocenters. The van der Waals surface area contributed by atoms with Crippen LogP contribution in [0, 0.1) is 11.8 Å². The lowest BCUT2D eigenvalue weighted by molar-refractivity contribution is -0.120. The van der Waals surface area contributed by atoms with Crippen LogP contribution < -0.4 is 0 Å². The molecule has 0 spiro atoms. The Hall–Kier alpha value is -0.590. The second-order valence-corrected chi connectivity index (χ2v) is 4.68. The van der Waals surface area contributed by atoms with Crippen LogP contribution in [-0.2, 0) is 4.79 Å².